The van der Waals surface area contributed by atoms with E-state index < -0.39 is 24.1 Å². The molecule has 4 rings (SSSR count). The van der Waals surface area contributed by atoms with Gasteiger partial charge in [0, 0.05) is 30.2 Å². The molecule has 0 spiro atoms. The lowest BCUT2D eigenvalue weighted by atomic mass is 10.0. The minimum atomic E-state index is -4.70. The Hall–Kier alpha value is -3.88. The summed E-state index contributed by atoms with van der Waals surface area (Å²) in [5, 5.41) is 9.10. The van der Waals surface area contributed by atoms with Crippen LogP contribution in [0.15, 0.2) is 77.8 Å². The number of alkyl halides is 3. The van der Waals surface area contributed by atoms with Gasteiger partial charge in [-0.2, -0.15) is 13.2 Å². The van der Waals surface area contributed by atoms with Crippen LogP contribution >= 0.6 is 0 Å². The summed E-state index contributed by atoms with van der Waals surface area (Å²) in [7, 11) is 0. The molecule has 3 aromatic rings. The van der Waals surface area contributed by atoms with Crippen molar-refractivity contribution in [2.24, 2.45) is 4.99 Å². The van der Waals surface area contributed by atoms with Gasteiger partial charge in [-0.15, -0.1) is 0 Å². The maximum Gasteiger partial charge on any atom is 0.433 e. The monoisotopic (exact) mass is 455 g/mol. The van der Waals surface area contributed by atoms with Crippen molar-refractivity contribution in [2.75, 3.05) is 13.1 Å². The molecule has 0 bridgehead atoms. The molecule has 1 aromatic heterocycles. The van der Waals surface area contributed by atoms with Gasteiger partial charge in [0.25, 0.3) is 0 Å². The molecule has 0 saturated carbocycles. The van der Waals surface area contributed by atoms with Gasteiger partial charge in [0.1, 0.15) is 6.10 Å². The van der Waals surface area contributed by atoms with E-state index in [2.05, 4.69) is 9.98 Å². The lowest BCUT2D eigenvalue weighted by Gasteiger charge is -2.16. The van der Waals surface area contributed by atoms with Gasteiger partial charge < -0.3 is 14.7 Å². The van der Waals surface area contributed by atoms with Gasteiger partial charge in [0.05, 0.1) is 17.9 Å². The fourth-order valence-corrected chi connectivity index (χ4v) is 3.55. The zero-order chi connectivity index (χ0) is 23.4. The molecule has 2 heterocycles. The van der Waals surface area contributed by atoms with Crippen molar-refractivity contribution in [1.29, 1.82) is 0 Å². The first-order valence-electron chi connectivity index (χ1n) is 10.2. The van der Waals surface area contributed by atoms with E-state index in [-0.39, 0.29) is 24.7 Å². The minimum absolute atomic E-state index is 0.0307. The van der Waals surface area contributed by atoms with E-state index in [9.17, 15) is 18.0 Å². The molecule has 1 fully saturated rings. The second kappa shape index (κ2) is 9.32. The van der Waals surface area contributed by atoms with Gasteiger partial charge >= 0.3 is 12.3 Å². The Labute approximate surface area is 188 Å². The van der Waals surface area contributed by atoms with Gasteiger partial charge in [-0.05, 0) is 6.07 Å². The highest BCUT2D eigenvalue weighted by molar-refractivity contribution is 6.13. The smallest absolute Gasteiger partial charge is 0.433 e. The molecule has 1 atom stereocenters. The van der Waals surface area contributed by atoms with E-state index in [1.165, 1.54) is 6.07 Å². The highest BCUT2D eigenvalue weighted by Gasteiger charge is 2.34. The van der Waals surface area contributed by atoms with E-state index in [0.29, 0.717) is 12.1 Å². The Balaban J connectivity index is 1.74. The zero-order valence-electron chi connectivity index (χ0n) is 17.4. The van der Waals surface area contributed by atoms with Crippen LogP contribution < -0.4 is 4.74 Å². The predicted molar refractivity (Wildman–Crippen MR) is 116 cm³/mol. The first kappa shape index (κ1) is 22.3. The molecule has 170 valence electrons. The molecular formula is C24H20F3N3O3. The van der Waals surface area contributed by atoms with Gasteiger partial charge in [-0.3, -0.25) is 0 Å². The molecule has 1 amide bonds. The number of benzene rings is 2. The van der Waals surface area contributed by atoms with Gasteiger partial charge in [-0.25, -0.2) is 14.8 Å². The molecule has 33 heavy (non-hydrogen) atoms. The highest BCUT2D eigenvalue weighted by Crippen LogP contribution is 2.33. The normalized spacial score (nSPS) is 15.8. The average Bonchev–Trinajstić information content (AvgIpc) is 3.27. The molecule has 9 heteroatoms. The maximum atomic E-state index is 13.6. The van der Waals surface area contributed by atoms with Crippen molar-refractivity contribution < 1.29 is 27.8 Å². The maximum absolute atomic E-state index is 13.6. The van der Waals surface area contributed by atoms with Crippen molar-refractivity contribution in [3.8, 4) is 5.88 Å². The number of carbonyl (C=O) groups is 1. The van der Waals surface area contributed by atoms with Gasteiger partial charge in [0.2, 0.25) is 5.88 Å². The SMILES string of the molecule is O=C(O)N1CC[C@H](Oc2cc(N=C(c3ccccc3)c3ccccc3)cc(C(F)(F)F)n2)C1. The zero-order valence-corrected chi connectivity index (χ0v) is 17.4. The number of ether oxygens (including phenoxy) is 1. The number of likely N-dealkylation sites (tertiary alicyclic amines) is 1. The Morgan fingerprint density at radius 1 is 1.03 bits per heavy atom. The van der Waals surface area contributed by atoms with E-state index >= 15 is 0 Å². The number of carboxylic acid groups (broad SMARTS) is 1. The van der Waals surface area contributed by atoms with Crippen LogP contribution in [0.5, 0.6) is 5.88 Å². The van der Waals surface area contributed by atoms with E-state index in [1.807, 2.05) is 60.7 Å². The number of pyridine rings is 1. The van der Waals surface area contributed by atoms with Crippen molar-refractivity contribution in [1.82, 2.24) is 9.88 Å². The molecule has 1 aliphatic rings. The van der Waals surface area contributed by atoms with Gasteiger partial charge in [-0.1, -0.05) is 60.7 Å². The first-order chi connectivity index (χ1) is 15.8. The number of amides is 1. The second-order valence-electron chi connectivity index (χ2n) is 7.50. The summed E-state index contributed by atoms with van der Waals surface area (Å²) >= 11 is 0. The summed E-state index contributed by atoms with van der Waals surface area (Å²) in [6.07, 6.45) is -6.02. The van der Waals surface area contributed by atoms with Crippen molar-refractivity contribution in [3.05, 3.63) is 89.6 Å². The van der Waals surface area contributed by atoms with Crippen LogP contribution in [0, 0.1) is 0 Å². The summed E-state index contributed by atoms with van der Waals surface area (Å²) in [4.78, 5) is 20.4. The predicted octanol–water partition coefficient (Wildman–Crippen LogP) is 5.40. The third-order valence-electron chi connectivity index (χ3n) is 5.12. The summed E-state index contributed by atoms with van der Waals surface area (Å²) in [6.45, 7) is 0.307. The third kappa shape index (κ3) is 5.49. The largest absolute Gasteiger partial charge is 0.472 e. The molecule has 1 N–H and O–H groups in total. The average molecular weight is 455 g/mol. The highest BCUT2D eigenvalue weighted by atomic mass is 19.4. The van der Waals surface area contributed by atoms with Crippen molar-refractivity contribution in [3.63, 3.8) is 0 Å². The van der Waals surface area contributed by atoms with Crippen LogP contribution in [0.1, 0.15) is 23.2 Å². The molecule has 2 aromatic carbocycles. The molecule has 6 nitrogen and oxygen atoms in total. The molecule has 0 radical (unpaired) electrons. The first-order valence-corrected chi connectivity index (χ1v) is 10.2. The number of rotatable bonds is 5. The number of nitrogens with zero attached hydrogens (tertiary/aromatic N) is 3. The van der Waals surface area contributed by atoms with Crippen LogP contribution in [0.25, 0.3) is 0 Å². The fourth-order valence-electron chi connectivity index (χ4n) is 3.55. The van der Waals surface area contributed by atoms with E-state index in [1.54, 1.807) is 0 Å². The second-order valence-corrected chi connectivity index (χ2v) is 7.50. The molecule has 0 unspecified atom stereocenters. The molecule has 0 aliphatic carbocycles. The Kier molecular flexibility index (Phi) is 6.30. The number of halogens is 3. The summed E-state index contributed by atoms with van der Waals surface area (Å²) in [5.74, 6) is -0.249. The Bertz CT molecular complexity index is 1110. The van der Waals surface area contributed by atoms with Crippen LogP contribution in [0.2, 0.25) is 0 Å². The molecular weight excluding hydrogens is 435 g/mol. The van der Waals surface area contributed by atoms with Crippen LogP contribution in [0.3, 0.4) is 0 Å². The minimum Gasteiger partial charge on any atom is -0.472 e. The molecule has 1 aliphatic heterocycles. The quantitative estimate of drug-likeness (QED) is 0.523. The van der Waals surface area contributed by atoms with Crippen LogP contribution in [-0.2, 0) is 6.18 Å². The van der Waals surface area contributed by atoms with Crippen LogP contribution in [-0.4, -0.2) is 46.0 Å². The van der Waals surface area contributed by atoms with Gasteiger partial charge in [0.15, 0.2) is 5.69 Å². The summed E-state index contributed by atoms with van der Waals surface area (Å²) in [5.41, 5.74) is 0.878. The number of hydrogen-bond acceptors (Lipinski definition) is 4. The number of aromatic nitrogens is 1. The molecule has 1 saturated heterocycles. The van der Waals surface area contributed by atoms with E-state index in [4.69, 9.17) is 9.84 Å². The third-order valence-corrected chi connectivity index (χ3v) is 5.12. The fraction of sp³-hybridized carbons (Fsp3) is 0.208. The number of aliphatic imine (C=N–C) groups is 1. The lowest BCUT2D eigenvalue weighted by molar-refractivity contribution is -0.141. The van der Waals surface area contributed by atoms with E-state index in [0.717, 1.165) is 22.1 Å². The summed E-state index contributed by atoms with van der Waals surface area (Å²) in [6, 6.07) is 20.5. The van der Waals surface area contributed by atoms with Crippen molar-refractivity contribution >= 4 is 17.5 Å². The lowest BCUT2D eigenvalue weighted by Crippen LogP contribution is -2.29. The number of hydrogen-bond donors (Lipinski definition) is 1. The Morgan fingerprint density at radius 2 is 1.64 bits per heavy atom. The summed E-state index contributed by atoms with van der Waals surface area (Å²) < 4.78 is 46.3. The van der Waals surface area contributed by atoms with Crippen molar-refractivity contribution in [2.45, 2.75) is 18.7 Å². The topological polar surface area (TPSA) is 75.0 Å². The Morgan fingerprint density at radius 3 is 2.15 bits per heavy atom. The van der Waals surface area contributed by atoms with Crippen LogP contribution in [0.4, 0.5) is 23.7 Å². The standard InChI is InChI=1S/C24H20F3N3O3/c25-24(26,27)20-13-18(14-21(29-20)33-19-11-12-30(15-19)23(31)32)28-22(16-7-3-1-4-8-16)17-9-5-2-6-10-17/h1-10,13-14,19H,11-12,15H2,(H,31,32)/t19-/m0/s1.